The Labute approximate surface area is 139 Å². The van der Waals surface area contributed by atoms with Crippen LogP contribution < -0.4 is 5.56 Å². The molecule has 0 radical (unpaired) electrons. The summed E-state index contributed by atoms with van der Waals surface area (Å²) in [5.74, 6) is 0.615. The van der Waals surface area contributed by atoms with Gasteiger partial charge in [-0.3, -0.25) is 19.7 Å². The lowest BCUT2D eigenvalue weighted by Gasteiger charge is -2.27. The average molecular weight is 319 g/mol. The van der Waals surface area contributed by atoms with Gasteiger partial charge >= 0.3 is 0 Å². The van der Waals surface area contributed by atoms with Gasteiger partial charge in [-0.05, 0) is 29.8 Å². The van der Waals surface area contributed by atoms with Gasteiger partial charge in [-0.2, -0.15) is 0 Å². The number of H-pyrrole nitrogens is 1. The zero-order valence-corrected chi connectivity index (χ0v) is 13.1. The lowest BCUT2D eigenvalue weighted by Crippen LogP contribution is -2.35. The maximum Gasteiger partial charge on any atom is 0.255 e. The first-order chi connectivity index (χ1) is 11.8. The first kappa shape index (κ1) is 14.7. The molecule has 0 saturated carbocycles. The third-order valence-corrected chi connectivity index (χ3v) is 4.26. The fourth-order valence-corrected chi connectivity index (χ4v) is 3.01. The molecule has 6 heteroatoms. The van der Waals surface area contributed by atoms with Gasteiger partial charge in [0.2, 0.25) is 0 Å². The highest BCUT2D eigenvalue weighted by Crippen LogP contribution is 2.19. The van der Waals surface area contributed by atoms with E-state index in [9.17, 15) is 4.79 Å². The number of pyridine rings is 2. The third kappa shape index (κ3) is 2.96. The monoisotopic (exact) mass is 319 g/mol. The number of fused-ring (bicyclic) bond motifs is 1. The van der Waals surface area contributed by atoms with Crippen LogP contribution in [-0.4, -0.2) is 31.4 Å². The fourth-order valence-electron chi connectivity index (χ4n) is 3.01. The minimum atomic E-state index is -0.0498. The summed E-state index contributed by atoms with van der Waals surface area (Å²) in [7, 11) is 0. The molecule has 1 N–H and O–H groups in total. The number of rotatable bonds is 3. The number of nitrogens with zero attached hydrogens (tertiary/aromatic N) is 4. The maximum absolute atomic E-state index is 12.5. The number of nitrogens with one attached hydrogen (secondary N) is 1. The summed E-state index contributed by atoms with van der Waals surface area (Å²) in [6, 6.07) is 7.71. The van der Waals surface area contributed by atoms with Crippen molar-refractivity contribution in [2.75, 3.05) is 6.54 Å². The molecule has 24 heavy (non-hydrogen) atoms. The van der Waals surface area contributed by atoms with Crippen LogP contribution in [0.25, 0.3) is 11.4 Å². The topological polar surface area (TPSA) is 74.8 Å². The zero-order valence-electron chi connectivity index (χ0n) is 13.1. The summed E-state index contributed by atoms with van der Waals surface area (Å²) in [6.45, 7) is 2.33. The van der Waals surface area contributed by atoms with Gasteiger partial charge in [0.1, 0.15) is 5.82 Å². The summed E-state index contributed by atoms with van der Waals surface area (Å²) in [5, 5.41) is 0. The maximum atomic E-state index is 12.5. The molecule has 0 amide bonds. The van der Waals surface area contributed by atoms with Crippen molar-refractivity contribution in [1.82, 2.24) is 24.8 Å². The van der Waals surface area contributed by atoms with E-state index in [0.717, 1.165) is 36.3 Å². The van der Waals surface area contributed by atoms with Gasteiger partial charge in [0.05, 0.1) is 11.3 Å². The van der Waals surface area contributed by atoms with E-state index in [1.165, 1.54) is 5.56 Å². The largest absolute Gasteiger partial charge is 0.306 e. The normalized spacial score (nSPS) is 14.3. The number of aromatic amines is 1. The first-order valence-electron chi connectivity index (χ1n) is 7.93. The van der Waals surface area contributed by atoms with Gasteiger partial charge in [-0.15, -0.1) is 0 Å². The Morgan fingerprint density at radius 3 is 2.50 bits per heavy atom. The summed E-state index contributed by atoms with van der Waals surface area (Å²) in [5.41, 5.74) is 3.70. The molecule has 0 spiro atoms. The Bertz CT molecular complexity index is 892. The van der Waals surface area contributed by atoms with Crippen molar-refractivity contribution < 1.29 is 0 Å². The molecule has 1 aliphatic heterocycles. The van der Waals surface area contributed by atoms with E-state index < -0.39 is 0 Å². The minimum Gasteiger partial charge on any atom is -0.306 e. The van der Waals surface area contributed by atoms with Crippen LogP contribution in [0.15, 0.2) is 53.8 Å². The Morgan fingerprint density at radius 1 is 1.04 bits per heavy atom. The molecule has 0 fully saturated rings. The van der Waals surface area contributed by atoms with Crippen LogP contribution in [-0.2, 0) is 19.5 Å². The van der Waals surface area contributed by atoms with E-state index in [-0.39, 0.29) is 5.56 Å². The standard InChI is InChI=1S/C18H17N5O/c24-18-15-12-23(11-13-1-6-19-7-2-13)10-5-16(15)21-17(22-18)14-3-8-20-9-4-14/h1-4,6-9H,5,10-12H2,(H,21,22,24). The zero-order chi connectivity index (χ0) is 16.4. The van der Waals surface area contributed by atoms with Crippen LogP contribution in [0.1, 0.15) is 16.8 Å². The highest BCUT2D eigenvalue weighted by Gasteiger charge is 2.21. The van der Waals surface area contributed by atoms with Crippen LogP contribution in [0.3, 0.4) is 0 Å². The van der Waals surface area contributed by atoms with Gasteiger partial charge in [0, 0.05) is 56.4 Å². The lowest BCUT2D eigenvalue weighted by atomic mass is 10.1. The fraction of sp³-hybridized carbons (Fsp3) is 0.222. The van der Waals surface area contributed by atoms with Crippen molar-refractivity contribution in [2.24, 2.45) is 0 Å². The van der Waals surface area contributed by atoms with E-state index in [4.69, 9.17) is 0 Å². The molecule has 0 aliphatic carbocycles. The van der Waals surface area contributed by atoms with Gasteiger partial charge in [0.15, 0.2) is 0 Å². The van der Waals surface area contributed by atoms with Crippen molar-refractivity contribution in [3.05, 3.63) is 76.2 Å². The summed E-state index contributed by atoms with van der Waals surface area (Å²) < 4.78 is 0. The SMILES string of the molecule is O=c1[nH]c(-c2ccncc2)nc2c1CN(Cc1ccncc1)CC2. The molecule has 1 aliphatic rings. The molecule has 6 nitrogen and oxygen atoms in total. The van der Waals surface area contributed by atoms with Crippen molar-refractivity contribution in [2.45, 2.75) is 19.5 Å². The predicted octanol–water partition coefficient (Wildman–Crippen LogP) is 1.79. The summed E-state index contributed by atoms with van der Waals surface area (Å²) in [6.07, 6.45) is 7.77. The van der Waals surface area contributed by atoms with Gasteiger partial charge in [0.25, 0.3) is 5.56 Å². The molecular formula is C18H17N5O. The molecule has 3 aromatic heterocycles. The summed E-state index contributed by atoms with van der Waals surface area (Å²) in [4.78, 5) is 30.4. The molecule has 3 aromatic rings. The van der Waals surface area contributed by atoms with Gasteiger partial charge < -0.3 is 4.98 Å². The summed E-state index contributed by atoms with van der Waals surface area (Å²) >= 11 is 0. The van der Waals surface area contributed by atoms with Crippen LogP contribution in [0.4, 0.5) is 0 Å². The molecule has 0 bridgehead atoms. The van der Waals surface area contributed by atoms with Crippen molar-refractivity contribution in [1.29, 1.82) is 0 Å². The van der Waals surface area contributed by atoms with Gasteiger partial charge in [-0.1, -0.05) is 0 Å². The van der Waals surface area contributed by atoms with E-state index in [0.29, 0.717) is 12.4 Å². The molecule has 0 aromatic carbocycles. The van der Waals surface area contributed by atoms with Crippen LogP contribution >= 0.6 is 0 Å². The van der Waals surface area contributed by atoms with E-state index in [1.54, 1.807) is 24.8 Å². The van der Waals surface area contributed by atoms with Crippen LogP contribution in [0.5, 0.6) is 0 Å². The molecule has 0 unspecified atom stereocenters. The molecule has 0 atom stereocenters. The number of hydrogen-bond acceptors (Lipinski definition) is 5. The average Bonchev–Trinajstić information content (AvgIpc) is 2.64. The Kier molecular flexibility index (Phi) is 3.88. The van der Waals surface area contributed by atoms with Crippen molar-refractivity contribution >= 4 is 0 Å². The Morgan fingerprint density at radius 2 is 1.75 bits per heavy atom. The molecule has 4 rings (SSSR count). The van der Waals surface area contributed by atoms with Crippen LogP contribution in [0.2, 0.25) is 0 Å². The number of aromatic nitrogens is 4. The van der Waals surface area contributed by atoms with Crippen molar-refractivity contribution in [3.63, 3.8) is 0 Å². The second-order valence-electron chi connectivity index (χ2n) is 5.89. The third-order valence-electron chi connectivity index (χ3n) is 4.26. The smallest absolute Gasteiger partial charge is 0.255 e. The molecular weight excluding hydrogens is 302 g/mol. The minimum absolute atomic E-state index is 0.0498. The molecule has 0 saturated heterocycles. The molecule has 120 valence electrons. The highest BCUT2D eigenvalue weighted by molar-refractivity contribution is 5.54. The van der Waals surface area contributed by atoms with E-state index in [2.05, 4.69) is 24.8 Å². The molecule has 4 heterocycles. The Hall–Kier alpha value is -2.86. The van der Waals surface area contributed by atoms with Crippen molar-refractivity contribution in [3.8, 4) is 11.4 Å². The van der Waals surface area contributed by atoms with E-state index >= 15 is 0 Å². The highest BCUT2D eigenvalue weighted by atomic mass is 16.1. The second kappa shape index (κ2) is 6.33. The van der Waals surface area contributed by atoms with E-state index in [1.807, 2.05) is 24.3 Å². The lowest BCUT2D eigenvalue weighted by molar-refractivity contribution is 0.242. The van der Waals surface area contributed by atoms with Crippen LogP contribution in [0, 0.1) is 0 Å². The predicted molar refractivity (Wildman–Crippen MR) is 90.1 cm³/mol. The second-order valence-corrected chi connectivity index (χ2v) is 5.89. The Balaban J connectivity index is 1.60. The van der Waals surface area contributed by atoms with Gasteiger partial charge in [-0.25, -0.2) is 4.98 Å². The first-order valence-corrected chi connectivity index (χ1v) is 7.93. The quantitative estimate of drug-likeness (QED) is 0.796. The number of hydrogen-bond donors (Lipinski definition) is 1.